The van der Waals surface area contributed by atoms with Crippen molar-refractivity contribution >= 4 is 23.1 Å². The number of ketones is 1. The van der Waals surface area contributed by atoms with E-state index >= 15 is 0 Å². The average molecular weight is 440 g/mol. The highest BCUT2D eigenvalue weighted by molar-refractivity contribution is 6.46. The number of carbonyl (C=O) groups excluding carboxylic acids is 2. The molecule has 1 aliphatic heterocycles. The summed E-state index contributed by atoms with van der Waals surface area (Å²) in [5, 5.41) is 11.3. The molecule has 8 nitrogen and oxygen atoms in total. The molecule has 0 saturated carbocycles. The number of benzene rings is 2. The first-order valence-corrected chi connectivity index (χ1v) is 10.1. The molecule has 8 heteroatoms. The van der Waals surface area contributed by atoms with E-state index in [4.69, 9.17) is 14.2 Å². The third-order valence-electron chi connectivity index (χ3n) is 5.47. The number of rotatable bonds is 8. The van der Waals surface area contributed by atoms with E-state index in [1.165, 1.54) is 26.2 Å². The van der Waals surface area contributed by atoms with Crippen LogP contribution in [0.25, 0.3) is 5.76 Å². The number of Topliss-reactive ketones (excluding diaryl/α,β-unsaturated/α-hetero) is 1. The largest absolute Gasteiger partial charge is 0.506 e. The normalized spacial score (nSPS) is 17.5. The molecule has 0 aliphatic carbocycles. The molecule has 0 spiro atoms. The maximum atomic E-state index is 13.1. The highest BCUT2D eigenvalue weighted by Gasteiger charge is 2.46. The number of amides is 1. The van der Waals surface area contributed by atoms with Gasteiger partial charge in [0, 0.05) is 33.4 Å². The van der Waals surface area contributed by atoms with Crippen LogP contribution < -0.4 is 14.4 Å². The van der Waals surface area contributed by atoms with Crippen molar-refractivity contribution in [3.05, 3.63) is 59.2 Å². The van der Waals surface area contributed by atoms with Crippen LogP contribution in [-0.4, -0.2) is 70.3 Å². The number of aliphatic hydroxyl groups is 1. The van der Waals surface area contributed by atoms with Crippen LogP contribution in [0.2, 0.25) is 0 Å². The van der Waals surface area contributed by atoms with Crippen molar-refractivity contribution in [3.63, 3.8) is 0 Å². The number of carbonyl (C=O) groups is 2. The third-order valence-corrected chi connectivity index (χ3v) is 5.47. The highest BCUT2D eigenvalue weighted by Crippen LogP contribution is 2.43. The molecule has 1 saturated heterocycles. The van der Waals surface area contributed by atoms with Crippen molar-refractivity contribution in [2.45, 2.75) is 6.04 Å². The Balaban J connectivity index is 2.23. The minimum Gasteiger partial charge on any atom is -0.506 e. The predicted molar refractivity (Wildman–Crippen MR) is 121 cm³/mol. The molecule has 1 atom stereocenters. The topological polar surface area (TPSA) is 88.5 Å². The molecule has 2 aromatic carbocycles. The first-order chi connectivity index (χ1) is 15.3. The molecule has 1 unspecified atom stereocenters. The molecule has 170 valence electrons. The van der Waals surface area contributed by atoms with Gasteiger partial charge in [0.1, 0.15) is 22.8 Å². The SMILES string of the molecule is COCCN1C(=O)C(=O)/C(=C(/O)c2c(OC)cccc2OC)C1c1ccc(N(C)C)cc1. The lowest BCUT2D eigenvalue weighted by molar-refractivity contribution is -0.140. The number of hydrogen-bond donors (Lipinski definition) is 1. The van der Waals surface area contributed by atoms with Crippen LogP contribution in [0, 0.1) is 0 Å². The van der Waals surface area contributed by atoms with Crippen molar-refractivity contribution in [2.75, 3.05) is 53.5 Å². The Labute approximate surface area is 187 Å². The fourth-order valence-corrected chi connectivity index (χ4v) is 3.82. The Hall–Kier alpha value is -3.52. The van der Waals surface area contributed by atoms with E-state index in [0.717, 1.165) is 5.69 Å². The molecule has 1 heterocycles. The van der Waals surface area contributed by atoms with Gasteiger partial charge in [-0.1, -0.05) is 18.2 Å². The second-order valence-electron chi connectivity index (χ2n) is 7.51. The van der Waals surface area contributed by atoms with E-state index in [-0.39, 0.29) is 30.0 Å². The smallest absolute Gasteiger partial charge is 0.295 e. The molecule has 0 bridgehead atoms. The van der Waals surface area contributed by atoms with Gasteiger partial charge in [0.15, 0.2) is 0 Å². The number of aliphatic hydroxyl groups excluding tert-OH is 1. The van der Waals surface area contributed by atoms with E-state index in [0.29, 0.717) is 17.1 Å². The van der Waals surface area contributed by atoms with Crippen molar-refractivity contribution in [1.29, 1.82) is 0 Å². The Morgan fingerprint density at radius 2 is 1.59 bits per heavy atom. The van der Waals surface area contributed by atoms with Gasteiger partial charge >= 0.3 is 0 Å². The van der Waals surface area contributed by atoms with Gasteiger partial charge in [0.05, 0.1) is 32.4 Å². The van der Waals surface area contributed by atoms with Gasteiger partial charge in [0.25, 0.3) is 11.7 Å². The van der Waals surface area contributed by atoms with Crippen LogP contribution >= 0.6 is 0 Å². The fourth-order valence-electron chi connectivity index (χ4n) is 3.82. The first kappa shape index (κ1) is 23.1. The molecule has 1 amide bonds. The number of likely N-dealkylation sites (tertiary alicyclic amines) is 1. The zero-order chi connectivity index (χ0) is 23.4. The molecule has 1 aliphatic rings. The number of anilines is 1. The Morgan fingerprint density at radius 3 is 2.09 bits per heavy atom. The summed E-state index contributed by atoms with van der Waals surface area (Å²) < 4.78 is 15.9. The van der Waals surface area contributed by atoms with E-state index in [2.05, 4.69) is 0 Å². The van der Waals surface area contributed by atoms with E-state index in [9.17, 15) is 14.7 Å². The zero-order valence-electron chi connectivity index (χ0n) is 18.9. The van der Waals surface area contributed by atoms with Crippen molar-refractivity contribution in [1.82, 2.24) is 4.90 Å². The van der Waals surface area contributed by atoms with E-state index in [1.54, 1.807) is 18.2 Å². The standard InChI is InChI=1S/C24H28N2O6/c1-25(2)16-11-9-15(10-12-16)21-20(23(28)24(29)26(21)13-14-30-3)22(27)19-17(31-4)7-6-8-18(19)32-5/h6-12,21,27H,13-14H2,1-5H3/b22-20+. The van der Waals surface area contributed by atoms with Crippen molar-refractivity contribution < 1.29 is 28.9 Å². The summed E-state index contributed by atoms with van der Waals surface area (Å²) in [7, 11) is 8.29. The quantitative estimate of drug-likeness (QED) is 0.384. The summed E-state index contributed by atoms with van der Waals surface area (Å²) >= 11 is 0. The number of ether oxygens (including phenoxy) is 3. The van der Waals surface area contributed by atoms with Gasteiger partial charge in [-0.15, -0.1) is 0 Å². The minimum atomic E-state index is -0.781. The highest BCUT2D eigenvalue weighted by atomic mass is 16.5. The van der Waals surface area contributed by atoms with Crippen molar-refractivity contribution in [2.24, 2.45) is 0 Å². The lowest BCUT2D eigenvalue weighted by atomic mass is 9.94. The Bertz CT molecular complexity index is 1010. The summed E-state index contributed by atoms with van der Waals surface area (Å²) in [4.78, 5) is 29.4. The number of hydrogen-bond acceptors (Lipinski definition) is 7. The molecule has 32 heavy (non-hydrogen) atoms. The predicted octanol–water partition coefficient (Wildman–Crippen LogP) is 2.84. The summed E-state index contributed by atoms with van der Waals surface area (Å²) in [6, 6.07) is 11.7. The Morgan fingerprint density at radius 1 is 1.00 bits per heavy atom. The second kappa shape index (κ2) is 9.74. The molecule has 1 N–H and O–H groups in total. The van der Waals surface area contributed by atoms with Gasteiger partial charge in [-0.05, 0) is 29.8 Å². The zero-order valence-corrected chi connectivity index (χ0v) is 18.9. The molecule has 0 radical (unpaired) electrons. The summed E-state index contributed by atoms with van der Waals surface area (Å²) in [5.74, 6) is -1.16. The van der Waals surface area contributed by atoms with Gasteiger partial charge < -0.3 is 29.1 Å². The number of methoxy groups -OCH3 is 3. The maximum Gasteiger partial charge on any atom is 0.295 e. The lowest BCUT2D eigenvalue weighted by Crippen LogP contribution is -2.32. The van der Waals surface area contributed by atoms with Gasteiger partial charge in [-0.3, -0.25) is 9.59 Å². The molecule has 0 aromatic heterocycles. The van der Waals surface area contributed by atoms with E-state index in [1.807, 2.05) is 43.3 Å². The summed E-state index contributed by atoms with van der Waals surface area (Å²) in [6.45, 7) is 0.443. The van der Waals surface area contributed by atoms with Crippen LogP contribution in [0.3, 0.4) is 0 Å². The molecule has 3 rings (SSSR count). The average Bonchev–Trinajstić information content (AvgIpc) is 3.06. The van der Waals surface area contributed by atoms with E-state index < -0.39 is 17.7 Å². The summed E-state index contributed by atoms with van der Waals surface area (Å²) in [5.41, 5.74) is 1.86. The Kier molecular flexibility index (Phi) is 7.05. The van der Waals surface area contributed by atoms with Gasteiger partial charge in [-0.2, -0.15) is 0 Å². The summed E-state index contributed by atoms with van der Waals surface area (Å²) in [6.07, 6.45) is 0. The molecule has 1 fully saturated rings. The second-order valence-corrected chi connectivity index (χ2v) is 7.51. The van der Waals surface area contributed by atoms with Crippen LogP contribution in [0.4, 0.5) is 5.69 Å². The molecule has 2 aromatic rings. The molecular formula is C24H28N2O6. The third kappa shape index (κ3) is 4.13. The van der Waals surface area contributed by atoms with Gasteiger partial charge in [-0.25, -0.2) is 0 Å². The fraction of sp³-hybridized carbons (Fsp3) is 0.333. The first-order valence-electron chi connectivity index (χ1n) is 10.1. The van der Waals surface area contributed by atoms with Crippen LogP contribution in [0.1, 0.15) is 17.2 Å². The number of nitrogens with zero attached hydrogens (tertiary/aromatic N) is 2. The lowest BCUT2D eigenvalue weighted by Gasteiger charge is -2.26. The van der Waals surface area contributed by atoms with Crippen LogP contribution in [0.5, 0.6) is 11.5 Å². The molecular weight excluding hydrogens is 412 g/mol. The van der Waals surface area contributed by atoms with Gasteiger partial charge in [0.2, 0.25) is 0 Å². The van der Waals surface area contributed by atoms with Crippen LogP contribution in [0.15, 0.2) is 48.0 Å². The van der Waals surface area contributed by atoms with Crippen LogP contribution in [-0.2, 0) is 14.3 Å². The minimum absolute atomic E-state index is 0.0218. The monoisotopic (exact) mass is 440 g/mol. The maximum absolute atomic E-state index is 13.1. The van der Waals surface area contributed by atoms with Crippen molar-refractivity contribution in [3.8, 4) is 11.5 Å².